The number of hydrogen-bond acceptors (Lipinski definition) is 3. The van der Waals surface area contributed by atoms with Crippen LogP contribution >= 0.6 is 11.6 Å². The normalized spacial score (nSPS) is 26.7. The molecule has 0 aromatic heterocycles. The van der Waals surface area contributed by atoms with Crippen molar-refractivity contribution in [3.05, 3.63) is 28.8 Å². The van der Waals surface area contributed by atoms with Gasteiger partial charge >= 0.3 is 0 Å². The van der Waals surface area contributed by atoms with E-state index in [2.05, 4.69) is 16.3 Å². The molecule has 1 aromatic rings. The molecule has 0 amide bonds. The largest absolute Gasteiger partial charge is 0.371 e. The zero-order valence-electron chi connectivity index (χ0n) is 10.7. The lowest BCUT2D eigenvalue weighted by molar-refractivity contribution is 0.0304. The third-order valence-electron chi connectivity index (χ3n) is 3.80. The summed E-state index contributed by atoms with van der Waals surface area (Å²) in [6.07, 6.45) is 3.16. The van der Waals surface area contributed by atoms with Gasteiger partial charge in [-0.1, -0.05) is 23.7 Å². The smallest absolute Gasteiger partial charge is 0.0755 e. The van der Waals surface area contributed by atoms with E-state index in [1.807, 2.05) is 19.2 Å². The number of halogens is 1. The monoisotopic (exact) mass is 266 g/mol. The van der Waals surface area contributed by atoms with Gasteiger partial charge in [0.25, 0.3) is 0 Å². The lowest BCUT2D eigenvalue weighted by atomic mass is 10.1. The minimum absolute atomic E-state index is 0.391. The molecule has 2 unspecified atom stereocenters. The van der Waals surface area contributed by atoms with Crippen LogP contribution in [0.5, 0.6) is 0 Å². The number of nitrogens with zero attached hydrogens (tertiary/aromatic N) is 1. The van der Waals surface area contributed by atoms with Crippen LogP contribution in [0.15, 0.2) is 18.2 Å². The van der Waals surface area contributed by atoms with E-state index >= 15 is 0 Å². The topological polar surface area (TPSA) is 24.5 Å². The Hall–Kier alpha value is -0.770. The fraction of sp³-hybridized carbons (Fsp3) is 0.571. The number of para-hydroxylation sites is 1. The number of morpholine rings is 1. The maximum atomic E-state index is 6.40. The fourth-order valence-corrected chi connectivity index (χ4v) is 3.36. The first-order chi connectivity index (χ1) is 8.78. The molecule has 2 atom stereocenters. The number of anilines is 1. The van der Waals surface area contributed by atoms with Crippen LogP contribution in [0.3, 0.4) is 0 Å². The lowest BCUT2D eigenvalue weighted by Gasteiger charge is -2.35. The van der Waals surface area contributed by atoms with E-state index in [9.17, 15) is 0 Å². The van der Waals surface area contributed by atoms with Crippen LogP contribution < -0.4 is 10.2 Å². The van der Waals surface area contributed by atoms with E-state index in [1.54, 1.807) is 0 Å². The second-order valence-electron chi connectivity index (χ2n) is 5.14. The Morgan fingerprint density at radius 2 is 2.06 bits per heavy atom. The summed E-state index contributed by atoms with van der Waals surface area (Å²) in [5, 5.41) is 4.06. The third-order valence-corrected chi connectivity index (χ3v) is 4.10. The lowest BCUT2D eigenvalue weighted by Crippen LogP contribution is -2.43. The Kier molecular flexibility index (Phi) is 3.46. The summed E-state index contributed by atoms with van der Waals surface area (Å²) < 4.78 is 5.89. The second-order valence-corrected chi connectivity index (χ2v) is 5.55. The van der Waals surface area contributed by atoms with Gasteiger partial charge in [-0.2, -0.15) is 0 Å². The van der Waals surface area contributed by atoms with E-state index in [1.165, 1.54) is 24.1 Å². The van der Waals surface area contributed by atoms with Crippen molar-refractivity contribution in [2.75, 3.05) is 25.0 Å². The number of ether oxygens (including phenoxy) is 1. The van der Waals surface area contributed by atoms with Crippen LogP contribution in [0, 0.1) is 0 Å². The van der Waals surface area contributed by atoms with E-state index in [0.717, 1.165) is 24.7 Å². The summed E-state index contributed by atoms with van der Waals surface area (Å²) in [5.41, 5.74) is 2.46. The molecule has 0 spiro atoms. The summed E-state index contributed by atoms with van der Waals surface area (Å²) in [6.45, 7) is 2.79. The molecule has 3 rings (SSSR count). The number of nitrogens with one attached hydrogen (secondary N) is 1. The van der Waals surface area contributed by atoms with E-state index < -0.39 is 0 Å². The minimum Gasteiger partial charge on any atom is -0.371 e. The summed E-state index contributed by atoms with van der Waals surface area (Å²) >= 11 is 6.40. The van der Waals surface area contributed by atoms with E-state index in [4.69, 9.17) is 16.3 Å². The van der Waals surface area contributed by atoms with Crippen molar-refractivity contribution in [2.24, 2.45) is 0 Å². The molecule has 0 saturated carbocycles. The first-order valence-corrected chi connectivity index (χ1v) is 6.98. The van der Waals surface area contributed by atoms with Crippen molar-refractivity contribution in [3.63, 3.8) is 0 Å². The summed E-state index contributed by atoms with van der Waals surface area (Å²) in [4.78, 5) is 2.40. The Labute approximate surface area is 113 Å². The zero-order chi connectivity index (χ0) is 12.5. The molecule has 1 N–H and O–H groups in total. The van der Waals surface area contributed by atoms with Gasteiger partial charge in [0.15, 0.2) is 0 Å². The summed E-state index contributed by atoms with van der Waals surface area (Å²) in [5.74, 6) is 0. The van der Waals surface area contributed by atoms with Crippen molar-refractivity contribution < 1.29 is 4.74 Å². The molecule has 2 aliphatic heterocycles. The summed E-state index contributed by atoms with van der Waals surface area (Å²) in [6, 6.07) is 6.15. The van der Waals surface area contributed by atoms with Crippen LogP contribution in [-0.2, 0) is 11.3 Å². The first-order valence-electron chi connectivity index (χ1n) is 6.60. The molecule has 2 heterocycles. The van der Waals surface area contributed by atoms with Gasteiger partial charge in [0.05, 0.1) is 22.9 Å². The van der Waals surface area contributed by atoms with Crippen molar-refractivity contribution in [1.29, 1.82) is 0 Å². The zero-order valence-corrected chi connectivity index (χ0v) is 11.4. The second kappa shape index (κ2) is 5.08. The maximum Gasteiger partial charge on any atom is 0.0755 e. The molecule has 2 fully saturated rings. The van der Waals surface area contributed by atoms with Crippen molar-refractivity contribution in [2.45, 2.75) is 31.6 Å². The van der Waals surface area contributed by atoms with Gasteiger partial charge < -0.3 is 15.0 Å². The average molecular weight is 267 g/mol. The Morgan fingerprint density at radius 3 is 2.72 bits per heavy atom. The summed E-state index contributed by atoms with van der Waals surface area (Å²) in [7, 11) is 1.97. The molecular formula is C14H19ClN2O. The van der Waals surface area contributed by atoms with E-state index in [0.29, 0.717) is 12.2 Å². The number of rotatable bonds is 3. The highest BCUT2D eigenvalue weighted by atomic mass is 35.5. The third kappa shape index (κ3) is 2.22. The standard InChI is InChI=1S/C14H19ClN2O/c1-16-7-10-3-2-4-13(15)14(10)17-8-11-5-6-12(9-17)18-11/h2-4,11-12,16H,5-9H2,1H3. The molecule has 3 nitrogen and oxygen atoms in total. The SMILES string of the molecule is CNCc1cccc(Cl)c1N1CC2CCC(C1)O2. The number of hydrogen-bond donors (Lipinski definition) is 1. The molecule has 98 valence electrons. The molecule has 2 saturated heterocycles. The molecule has 4 heteroatoms. The van der Waals surface area contributed by atoms with Gasteiger partial charge in [-0.25, -0.2) is 0 Å². The molecular weight excluding hydrogens is 248 g/mol. The highest BCUT2D eigenvalue weighted by molar-refractivity contribution is 6.33. The Bertz CT molecular complexity index is 426. The van der Waals surface area contributed by atoms with Crippen molar-refractivity contribution in [1.82, 2.24) is 5.32 Å². The fourth-order valence-electron chi connectivity index (χ4n) is 3.04. The van der Waals surface area contributed by atoms with Gasteiger partial charge in [-0.3, -0.25) is 0 Å². The Balaban J connectivity index is 1.90. The van der Waals surface area contributed by atoms with Gasteiger partial charge in [-0.05, 0) is 31.5 Å². The quantitative estimate of drug-likeness (QED) is 0.909. The first kappa shape index (κ1) is 12.3. The van der Waals surface area contributed by atoms with Crippen LogP contribution in [0.2, 0.25) is 5.02 Å². The van der Waals surface area contributed by atoms with Crippen LogP contribution in [0.25, 0.3) is 0 Å². The maximum absolute atomic E-state index is 6.40. The van der Waals surface area contributed by atoms with Crippen LogP contribution in [0.4, 0.5) is 5.69 Å². The van der Waals surface area contributed by atoms with Gasteiger partial charge in [0.2, 0.25) is 0 Å². The minimum atomic E-state index is 0.391. The van der Waals surface area contributed by atoms with Gasteiger partial charge in [-0.15, -0.1) is 0 Å². The highest BCUT2D eigenvalue weighted by Gasteiger charge is 2.34. The predicted molar refractivity (Wildman–Crippen MR) is 74.3 cm³/mol. The molecule has 2 bridgehead atoms. The molecule has 2 aliphatic rings. The van der Waals surface area contributed by atoms with Gasteiger partial charge in [0.1, 0.15) is 0 Å². The highest BCUT2D eigenvalue weighted by Crippen LogP contribution is 2.35. The number of benzene rings is 1. The molecule has 18 heavy (non-hydrogen) atoms. The molecule has 0 aliphatic carbocycles. The number of fused-ring (bicyclic) bond motifs is 2. The molecule has 1 aromatic carbocycles. The average Bonchev–Trinajstić information content (AvgIpc) is 2.69. The Morgan fingerprint density at radius 1 is 1.33 bits per heavy atom. The van der Waals surface area contributed by atoms with Crippen molar-refractivity contribution in [3.8, 4) is 0 Å². The van der Waals surface area contributed by atoms with Crippen LogP contribution in [0.1, 0.15) is 18.4 Å². The van der Waals surface area contributed by atoms with E-state index in [-0.39, 0.29) is 0 Å². The molecule has 0 radical (unpaired) electrons. The van der Waals surface area contributed by atoms with Crippen LogP contribution in [-0.4, -0.2) is 32.3 Å². The predicted octanol–water partition coefficient (Wildman–Crippen LogP) is 2.43. The van der Waals surface area contributed by atoms with Crippen molar-refractivity contribution >= 4 is 17.3 Å². The van der Waals surface area contributed by atoms with Gasteiger partial charge in [0, 0.05) is 19.6 Å².